The van der Waals surface area contributed by atoms with Crippen LogP contribution in [0.3, 0.4) is 0 Å². The van der Waals surface area contributed by atoms with E-state index in [0.29, 0.717) is 28.5 Å². The number of benzene rings is 1. The van der Waals surface area contributed by atoms with Crippen molar-refractivity contribution >= 4 is 11.7 Å². The van der Waals surface area contributed by atoms with Crippen LogP contribution in [0.2, 0.25) is 0 Å². The Hall–Kier alpha value is -3.09. The number of primary amides is 1. The molecule has 1 amide bonds. The van der Waals surface area contributed by atoms with E-state index in [2.05, 4.69) is 4.98 Å². The SMILES string of the molecule is COc1cc(C(=O)CC(C(N)=O)c2ccccn2)cc(OC)c1OC. The normalized spacial score (nSPS) is 11.5. The highest BCUT2D eigenvalue weighted by Crippen LogP contribution is 2.38. The van der Waals surface area contributed by atoms with Crippen LogP contribution in [0.25, 0.3) is 0 Å². The van der Waals surface area contributed by atoms with Crippen molar-refractivity contribution in [2.75, 3.05) is 21.3 Å². The molecule has 0 bridgehead atoms. The zero-order chi connectivity index (χ0) is 18.4. The number of amides is 1. The molecule has 1 heterocycles. The molecule has 2 rings (SSSR count). The summed E-state index contributed by atoms with van der Waals surface area (Å²) < 4.78 is 15.7. The molecule has 0 spiro atoms. The van der Waals surface area contributed by atoms with Gasteiger partial charge >= 0.3 is 0 Å². The molecule has 0 radical (unpaired) electrons. The highest BCUT2D eigenvalue weighted by atomic mass is 16.5. The van der Waals surface area contributed by atoms with E-state index in [9.17, 15) is 9.59 Å². The number of aromatic nitrogens is 1. The summed E-state index contributed by atoms with van der Waals surface area (Å²) in [4.78, 5) is 28.6. The maximum absolute atomic E-state index is 12.7. The van der Waals surface area contributed by atoms with Crippen LogP contribution in [0.5, 0.6) is 17.2 Å². The molecule has 132 valence electrons. The fourth-order valence-electron chi connectivity index (χ4n) is 2.48. The zero-order valence-corrected chi connectivity index (χ0v) is 14.3. The third-order valence-electron chi connectivity index (χ3n) is 3.76. The van der Waals surface area contributed by atoms with Gasteiger partial charge in [0.05, 0.1) is 32.9 Å². The molecule has 7 nitrogen and oxygen atoms in total. The van der Waals surface area contributed by atoms with Gasteiger partial charge in [0.25, 0.3) is 0 Å². The van der Waals surface area contributed by atoms with Crippen LogP contribution in [-0.4, -0.2) is 38.0 Å². The van der Waals surface area contributed by atoms with Gasteiger partial charge in [0.2, 0.25) is 11.7 Å². The van der Waals surface area contributed by atoms with Crippen LogP contribution >= 0.6 is 0 Å². The Bertz CT molecular complexity index is 736. The smallest absolute Gasteiger partial charge is 0.227 e. The Balaban J connectivity index is 2.35. The van der Waals surface area contributed by atoms with E-state index < -0.39 is 11.8 Å². The van der Waals surface area contributed by atoms with Crippen LogP contribution in [0.15, 0.2) is 36.5 Å². The van der Waals surface area contributed by atoms with Gasteiger partial charge in [-0.1, -0.05) is 6.07 Å². The lowest BCUT2D eigenvalue weighted by Crippen LogP contribution is -2.24. The van der Waals surface area contributed by atoms with E-state index in [-0.39, 0.29) is 12.2 Å². The second-order valence-electron chi connectivity index (χ2n) is 5.25. The lowest BCUT2D eigenvalue weighted by atomic mass is 9.94. The van der Waals surface area contributed by atoms with Crippen molar-refractivity contribution in [3.05, 3.63) is 47.8 Å². The average Bonchev–Trinajstić information content (AvgIpc) is 2.64. The largest absolute Gasteiger partial charge is 0.493 e. The van der Waals surface area contributed by atoms with E-state index >= 15 is 0 Å². The molecule has 2 N–H and O–H groups in total. The van der Waals surface area contributed by atoms with Crippen LogP contribution in [0.1, 0.15) is 28.4 Å². The van der Waals surface area contributed by atoms with Gasteiger partial charge in [-0.2, -0.15) is 0 Å². The third-order valence-corrected chi connectivity index (χ3v) is 3.76. The number of ether oxygens (including phenoxy) is 3. The molecular weight excluding hydrogens is 324 g/mol. The molecule has 1 atom stereocenters. The second-order valence-corrected chi connectivity index (χ2v) is 5.25. The van der Waals surface area contributed by atoms with Crippen molar-refractivity contribution in [3.63, 3.8) is 0 Å². The number of hydrogen-bond acceptors (Lipinski definition) is 6. The summed E-state index contributed by atoms with van der Waals surface area (Å²) in [5, 5.41) is 0. The first-order valence-electron chi connectivity index (χ1n) is 7.55. The predicted octanol–water partition coefficient (Wildman–Crippen LogP) is 1.95. The molecule has 0 saturated heterocycles. The molecule has 0 saturated carbocycles. The number of rotatable bonds is 8. The molecule has 1 unspecified atom stereocenters. The first-order chi connectivity index (χ1) is 12.0. The van der Waals surface area contributed by atoms with E-state index in [4.69, 9.17) is 19.9 Å². The summed E-state index contributed by atoms with van der Waals surface area (Å²) in [5.41, 5.74) is 6.24. The minimum Gasteiger partial charge on any atom is -0.493 e. The summed E-state index contributed by atoms with van der Waals surface area (Å²) in [6.07, 6.45) is 1.44. The molecule has 0 aliphatic rings. The first-order valence-corrected chi connectivity index (χ1v) is 7.55. The number of nitrogens with two attached hydrogens (primary N) is 1. The van der Waals surface area contributed by atoms with Crippen molar-refractivity contribution in [3.8, 4) is 17.2 Å². The Morgan fingerprint density at radius 3 is 2.16 bits per heavy atom. The van der Waals surface area contributed by atoms with Gasteiger partial charge in [-0.05, 0) is 24.3 Å². The van der Waals surface area contributed by atoms with Crippen LogP contribution in [-0.2, 0) is 4.79 Å². The fourth-order valence-corrected chi connectivity index (χ4v) is 2.48. The highest BCUT2D eigenvalue weighted by Gasteiger charge is 2.25. The Morgan fingerprint density at radius 1 is 1.08 bits per heavy atom. The Kier molecular flexibility index (Phi) is 5.94. The van der Waals surface area contributed by atoms with Crippen LogP contribution in [0.4, 0.5) is 0 Å². The van der Waals surface area contributed by atoms with Gasteiger partial charge in [-0.15, -0.1) is 0 Å². The predicted molar refractivity (Wildman–Crippen MR) is 91.2 cm³/mol. The quantitative estimate of drug-likeness (QED) is 0.735. The van der Waals surface area contributed by atoms with Crippen molar-refractivity contribution in [2.45, 2.75) is 12.3 Å². The molecule has 0 fully saturated rings. The van der Waals surface area contributed by atoms with Gasteiger partial charge in [-0.25, -0.2) is 0 Å². The summed E-state index contributed by atoms with van der Waals surface area (Å²) >= 11 is 0. The summed E-state index contributed by atoms with van der Waals surface area (Å²) in [5.74, 6) is -0.601. The van der Waals surface area contributed by atoms with E-state index in [1.807, 2.05) is 0 Å². The third kappa shape index (κ3) is 4.06. The average molecular weight is 344 g/mol. The highest BCUT2D eigenvalue weighted by molar-refractivity contribution is 6.00. The van der Waals surface area contributed by atoms with Gasteiger partial charge < -0.3 is 19.9 Å². The standard InChI is InChI=1S/C18H20N2O5/c1-23-15-8-11(9-16(24-2)17(15)25-3)14(21)10-12(18(19)22)13-6-4-5-7-20-13/h4-9,12H,10H2,1-3H3,(H2,19,22). The van der Waals surface area contributed by atoms with Gasteiger partial charge in [0, 0.05) is 18.2 Å². The molecule has 1 aromatic carbocycles. The van der Waals surface area contributed by atoms with Crippen molar-refractivity contribution in [2.24, 2.45) is 5.73 Å². The topological polar surface area (TPSA) is 101 Å². The minimum atomic E-state index is -0.812. The van der Waals surface area contributed by atoms with Crippen molar-refractivity contribution < 1.29 is 23.8 Å². The van der Waals surface area contributed by atoms with Crippen molar-refractivity contribution in [1.82, 2.24) is 4.98 Å². The lowest BCUT2D eigenvalue weighted by Gasteiger charge is -2.15. The lowest BCUT2D eigenvalue weighted by molar-refractivity contribution is -0.119. The minimum absolute atomic E-state index is 0.106. The number of pyridine rings is 1. The van der Waals surface area contributed by atoms with E-state index in [0.717, 1.165) is 0 Å². The molecule has 25 heavy (non-hydrogen) atoms. The van der Waals surface area contributed by atoms with E-state index in [1.165, 1.54) is 21.3 Å². The second kappa shape index (κ2) is 8.14. The molecule has 2 aromatic rings. The van der Waals surface area contributed by atoms with Crippen LogP contribution < -0.4 is 19.9 Å². The number of carbonyl (C=O) groups is 2. The molecule has 0 aliphatic heterocycles. The first kappa shape index (κ1) is 18.3. The molecule has 0 aliphatic carbocycles. The number of hydrogen-bond donors (Lipinski definition) is 1. The molecular formula is C18H20N2O5. The molecule has 7 heteroatoms. The van der Waals surface area contributed by atoms with Gasteiger partial charge in [-0.3, -0.25) is 14.6 Å². The fraction of sp³-hybridized carbons (Fsp3) is 0.278. The maximum atomic E-state index is 12.7. The van der Waals surface area contributed by atoms with Gasteiger partial charge in [0.15, 0.2) is 17.3 Å². The number of Topliss-reactive ketones (excluding diaryl/α,β-unsaturated/α-hetero) is 1. The Labute approximate surface area is 145 Å². The zero-order valence-electron chi connectivity index (χ0n) is 14.3. The molecule has 1 aromatic heterocycles. The number of ketones is 1. The van der Waals surface area contributed by atoms with Crippen LogP contribution in [0, 0.1) is 0 Å². The Morgan fingerprint density at radius 2 is 1.72 bits per heavy atom. The number of carbonyl (C=O) groups excluding carboxylic acids is 2. The van der Waals surface area contributed by atoms with E-state index in [1.54, 1.807) is 36.5 Å². The summed E-state index contributed by atoms with van der Waals surface area (Å²) in [7, 11) is 4.41. The monoisotopic (exact) mass is 344 g/mol. The summed E-state index contributed by atoms with van der Waals surface area (Å²) in [6.45, 7) is 0. The summed E-state index contributed by atoms with van der Waals surface area (Å²) in [6, 6.07) is 8.21. The number of methoxy groups -OCH3 is 3. The van der Waals surface area contributed by atoms with Crippen molar-refractivity contribution in [1.29, 1.82) is 0 Å². The number of nitrogens with zero attached hydrogens (tertiary/aromatic N) is 1. The maximum Gasteiger partial charge on any atom is 0.227 e. The van der Waals surface area contributed by atoms with Gasteiger partial charge in [0.1, 0.15) is 0 Å².